The van der Waals surface area contributed by atoms with Crippen molar-refractivity contribution < 1.29 is 13.9 Å². The smallest absolute Gasteiger partial charge is 0.318 e. The van der Waals surface area contributed by atoms with Gasteiger partial charge >= 0.3 is 6.01 Å². The van der Waals surface area contributed by atoms with E-state index in [2.05, 4.69) is 27.2 Å². The maximum absolute atomic E-state index is 12.5. The first-order valence-corrected chi connectivity index (χ1v) is 10.1. The van der Waals surface area contributed by atoms with Crippen molar-refractivity contribution in [1.82, 2.24) is 15.1 Å². The van der Waals surface area contributed by atoms with Crippen molar-refractivity contribution in [2.45, 2.75) is 45.4 Å². The lowest BCUT2D eigenvalue weighted by molar-refractivity contribution is -0.131. The molecule has 1 aromatic carbocycles. The lowest BCUT2D eigenvalue weighted by atomic mass is 10.1. The number of rotatable bonds is 8. The predicted molar refractivity (Wildman–Crippen MR) is 108 cm³/mol. The third-order valence-electron chi connectivity index (χ3n) is 5.09. The van der Waals surface area contributed by atoms with Gasteiger partial charge in [0, 0.05) is 38.5 Å². The molecular formula is C21H30N4O3. The molecule has 0 aliphatic carbocycles. The van der Waals surface area contributed by atoms with Crippen LogP contribution in [0, 0.1) is 0 Å². The minimum Gasteiger partial charge on any atom is -0.497 e. The number of carbonyl (C=O) groups excluding carboxylic acids is 1. The second kappa shape index (κ2) is 9.57. The predicted octanol–water partition coefficient (Wildman–Crippen LogP) is 3.26. The van der Waals surface area contributed by atoms with Crippen LogP contribution in [-0.2, 0) is 11.2 Å². The quantitative estimate of drug-likeness (QED) is 0.649. The van der Waals surface area contributed by atoms with Crippen molar-refractivity contribution in [1.29, 1.82) is 0 Å². The Morgan fingerprint density at radius 3 is 2.43 bits per heavy atom. The molecule has 2 heterocycles. The van der Waals surface area contributed by atoms with Crippen LogP contribution in [0.5, 0.6) is 5.75 Å². The van der Waals surface area contributed by atoms with Gasteiger partial charge in [-0.25, -0.2) is 0 Å². The molecule has 0 atom stereocenters. The normalized spacial score (nSPS) is 14.6. The molecule has 28 heavy (non-hydrogen) atoms. The molecule has 0 unspecified atom stereocenters. The number of hydrogen-bond acceptors (Lipinski definition) is 6. The molecule has 0 saturated carbocycles. The molecule has 1 aliphatic rings. The fourth-order valence-corrected chi connectivity index (χ4v) is 3.29. The van der Waals surface area contributed by atoms with Gasteiger partial charge in [-0.3, -0.25) is 4.79 Å². The molecule has 7 nitrogen and oxygen atoms in total. The third-order valence-corrected chi connectivity index (χ3v) is 5.09. The Morgan fingerprint density at radius 2 is 1.82 bits per heavy atom. The summed E-state index contributed by atoms with van der Waals surface area (Å²) in [5.74, 6) is 1.99. The van der Waals surface area contributed by atoms with E-state index in [1.807, 2.05) is 30.9 Å². The van der Waals surface area contributed by atoms with E-state index in [-0.39, 0.29) is 11.8 Å². The molecular weight excluding hydrogens is 356 g/mol. The molecule has 0 bridgehead atoms. The summed E-state index contributed by atoms with van der Waals surface area (Å²) in [5, 5.41) is 8.21. The van der Waals surface area contributed by atoms with Crippen molar-refractivity contribution >= 4 is 11.9 Å². The van der Waals surface area contributed by atoms with Crippen molar-refractivity contribution in [3.63, 3.8) is 0 Å². The van der Waals surface area contributed by atoms with E-state index < -0.39 is 0 Å². The number of benzene rings is 1. The standard InChI is InChI=1S/C21H30N4O3/c1-16(2)20-22-23-21(28-20)25-14-12-24(13-15-25)19(26)7-5-4-6-17-8-10-18(27-3)11-9-17/h8-11,16H,4-7,12-15H2,1-3H3. The lowest BCUT2D eigenvalue weighted by Crippen LogP contribution is -2.48. The Bertz CT molecular complexity index is 749. The van der Waals surface area contributed by atoms with E-state index in [0.717, 1.165) is 38.1 Å². The molecule has 1 saturated heterocycles. The van der Waals surface area contributed by atoms with Gasteiger partial charge in [0.1, 0.15) is 5.75 Å². The summed E-state index contributed by atoms with van der Waals surface area (Å²) in [7, 11) is 1.67. The zero-order chi connectivity index (χ0) is 19.9. The molecule has 0 N–H and O–H groups in total. The fraction of sp³-hybridized carbons (Fsp3) is 0.571. The van der Waals surface area contributed by atoms with Gasteiger partial charge < -0.3 is 19.0 Å². The van der Waals surface area contributed by atoms with Crippen LogP contribution < -0.4 is 9.64 Å². The largest absolute Gasteiger partial charge is 0.497 e. The number of aromatic nitrogens is 2. The number of amides is 1. The van der Waals surface area contributed by atoms with E-state index in [0.29, 0.717) is 31.4 Å². The number of nitrogens with zero attached hydrogens (tertiary/aromatic N) is 4. The first kappa shape index (κ1) is 20.2. The molecule has 0 radical (unpaired) electrons. The van der Waals surface area contributed by atoms with E-state index in [1.54, 1.807) is 7.11 Å². The monoisotopic (exact) mass is 386 g/mol. The Kier molecular flexibility index (Phi) is 6.90. The molecule has 1 aromatic heterocycles. The van der Waals surface area contributed by atoms with Crippen molar-refractivity contribution in [3.8, 4) is 5.75 Å². The van der Waals surface area contributed by atoms with E-state index in [9.17, 15) is 4.79 Å². The van der Waals surface area contributed by atoms with Gasteiger partial charge in [-0.1, -0.05) is 31.1 Å². The van der Waals surface area contributed by atoms with Crippen LogP contribution >= 0.6 is 0 Å². The molecule has 1 amide bonds. The van der Waals surface area contributed by atoms with E-state index >= 15 is 0 Å². The number of aryl methyl sites for hydroxylation is 1. The van der Waals surface area contributed by atoms with Gasteiger partial charge in [0.15, 0.2) is 0 Å². The van der Waals surface area contributed by atoms with Crippen molar-refractivity contribution in [2.24, 2.45) is 0 Å². The number of carbonyl (C=O) groups is 1. The highest BCUT2D eigenvalue weighted by Gasteiger charge is 2.24. The molecule has 7 heteroatoms. The highest BCUT2D eigenvalue weighted by molar-refractivity contribution is 5.76. The van der Waals surface area contributed by atoms with Crippen LogP contribution in [0.3, 0.4) is 0 Å². The Hall–Kier alpha value is -2.57. The van der Waals surface area contributed by atoms with Crippen LogP contribution in [0.15, 0.2) is 28.7 Å². The van der Waals surface area contributed by atoms with Crippen LogP contribution in [0.4, 0.5) is 6.01 Å². The van der Waals surface area contributed by atoms with Gasteiger partial charge in [0.2, 0.25) is 11.8 Å². The molecule has 2 aromatic rings. The topological polar surface area (TPSA) is 71.7 Å². The maximum atomic E-state index is 12.5. The Balaban J connectivity index is 1.36. The van der Waals surface area contributed by atoms with Gasteiger partial charge in [-0.2, -0.15) is 0 Å². The van der Waals surface area contributed by atoms with Crippen LogP contribution in [0.25, 0.3) is 0 Å². The summed E-state index contributed by atoms with van der Waals surface area (Å²) in [5.41, 5.74) is 1.28. The number of methoxy groups -OCH3 is 1. The SMILES string of the molecule is COc1ccc(CCCCC(=O)N2CCN(c3nnc(C(C)C)o3)CC2)cc1. The van der Waals surface area contributed by atoms with Crippen molar-refractivity contribution in [2.75, 3.05) is 38.2 Å². The zero-order valence-electron chi connectivity index (χ0n) is 17.1. The maximum Gasteiger partial charge on any atom is 0.318 e. The fourth-order valence-electron chi connectivity index (χ4n) is 3.29. The first-order chi connectivity index (χ1) is 13.6. The number of piperazine rings is 1. The Labute approximate surface area is 166 Å². The van der Waals surface area contributed by atoms with E-state index in [1.165, 1.54) is 5.56 Å². The summed E-state index contributed by atoms with van der Waals surface area (Å²) in [6, 6.07) is 8.70. The number of ether oxygens (including phenoxy) is 1. The summed E-state index contributed by atoms with van der Waals surface area (Å²) >= 11 is 0. The number of anilines is 1. The summed E-state index contributed by atoms with van der Waals surface area (Å²) < 4.78 is 10.9. The van der Waals surface area contributed by atoms with Gasteiger partial charge in [0.25, 0.3) is 0 Å². The summed E-state index contributed by atoms with van der Waals surface area (Å²) in [4.78, 5) is 16.5. The molecule has 3 rings (SSSR count). The van der Waals surface area contributed by atoms with Crippen LogP contribution in [-0.4, -0.2) is 54.3 Å². The second-order valence-electron chi connectivity index (χ2n) is 7.50. The first-order valence-electron chi connectivity index (χ1n) is 10.1. The summed E-state index contributed by atoms with van der Waals surface area (Å²) in [6.07, 6.45) is 3.51. The van der Waals surface area contributed by atoms with Gasteiger partial charge in [-0.15, -0.1) is 5.10 Å². The average Bonchev–Trinajstić information content (AvgIpc) is 3.22. The third kappa shape index (κ3) is 5.24. The number of unbranched alkanes of at least 4 members (excludes halogenated alkanes) is 1. The highest BCUT2D eigenvalue weighted by atomic mass is 16.5. The molecule has 1 aliphatic heterocycles. The van der Waals surface area contributed by atoms with Crippen molar-refractivity contribution in [3.05, 3.63) is 35.7 Å². The van der Waals surface area contributed by atoms with Crippen LogP contribution in [0.1, 0.15) is 50.5 Å². The minimum absolute atomic E-state index is 0.224. The second-order valence-corrected chi connectivity index (χ2v) is 7.50. The molecule has 152 valence electrons. The van der Waals surface area contributed by atoms with Crippen LogP contribution in [0.2, 0.25) is 0 Å². The minimum atomic E-state index is 0.224. The summed E-state index contributed by atoms with van der Waals surface area (Å²) in [6.45, 7) is 6.94. The number of hydrogen-bond donors (Lipinski definition) is 0. The highest BCUT2D eigenvalue weighted by Crippen LogP contribution is 2.20. The zero-order valence-corrected chi connectivity index (χ0v) is 17.1. The molecule has 0 spiro atoms. The average molecular weight is 386 g/mol. The van der Waals surface area contributed by atoms with Gasteiger partial charge in [0.05, 0.1) is 7.11 Å². The van der Waals surface area contributed by atoms with E-state index in [4.69, 9.17) is 9.15 Å². The van der Waals surface area contributed by atoms with Gasteiger partial charge in [-0.05, 0) is 37.0 Å². The lowest BCUT2D eigenvalue weighted by Gasteiger charge is -2.33. The Morgan fingerprint density at radius 1 is 1.11 bits per heavy atom. The molecule has 1 fully saturated rings.